The minimum absolute atomic E-state index is 0.320. The zero-order valence-electron chi connectivity index (χ0n) is 8.11. The fourth-order valence-corrected chi connectivity index (χ4v) is 1.47. The van der Waals surface area contributed by atoms with E-state index in [2.05, 4.69) is 18.8 Å². The monoisotopic (exact) mass is 186 g/mol. The van der Waals surface area contributed by atoms with Crippen LogP contribution in [0.3, 0.4) is 0 Å². The van der Waals surface area contributed by atoms with Crippen LogP contribution in [0.5, 0.6) is 0 Å². The summed E-state index contributed by atoms with van der Waals surface area (Å²) in [6.45, 7) is 4.17. The summed E-state index contributed by atoms with van der Waals surface area (Å²) in [7, 11) is 0. The molecule has 0 atom stereocenters. The van der Waals surface area contributed by atoms with Crippen LogP contribution >= 0.6 is 0 Å². The van der Waals surface area contributed by atoms with Crippen molar-refractivity contribution in [3.63, 3.8) is 0 Å². The zero-order chi connectivity index (χ0) is 10.1. The molecule has 0 unspecified atom stereocenters. The fourth-order valence-electron chi connectivity index (χ4n) is 1.47. The molecular weight excluding hydrogens is 176 g/mol. The summed E-state index contributed by atoms with van der Waals surface area (Å²) in [5, 5.41) is 8.70. The van der Waals surface area contributed by atoms with Crippen molar-refractivity contribution in [2.45, 2.75) is 19.8 Å². The van der Waals surface area contributed by atoms with Gasteiger partial charge in [-0.25, -0.2) is 0 Å². The Labute approximate surface area is 82.0 Å². The number of fused-ring (bicyclic) bond motifs is 1. The van der Waals surface area contributed by atoms with Crippen LogP contribution in [-0.2, 0) is 0 Å². The predicted octanol–water partition coefficient (Wildman–Crippen LogP) is 2.82. The largest absolute Gasteiger partial charge is 0.444 e. The van der Waals surface area contributed by atoms with Crippen molar-refractivity contribution in [3.05, 3.63) is 29.7 Å². The molecule has 0 aliphatic heterocycles. The van der Waals surface area contributed by atoms with Crippen molar-refractivity contribution in [1.29, 1.82) is 5.26 Å². The Morgan fingerprint density at radius 2 is 2.29 bits per heavy atom. The van der Waals surface area contributed by atoms with Gasteiger partial charge in [-0.3, -0.25) is 4.98 Å². The van der Waals surface area contributed by atoms with E-state index in [9.17, 15) is 0 Å². The van der Waals surface area contributed by atoms with E-state index in [0.29, 0.717) is 11.7 Å². The van der Waals surface area contributed by atoms with Gasteiger partial charge in [-0.15, -0.1) is 0 Å². The molecule has 0 aromatic carbocycles. The summed E-state index contributed by atoms with van der Waals surface area (Å²) in [6, 6.07) is 5.57. The summed E-state index contributed by atoms with van der Waals surface area (Å²) in [4.78, 5) is 4.15. The van der Waals surface area contributed by atoms with Gasteiger partial charge in [0.1, 0.15) is 11.6 Å². The zero-order valence-corrected chi connectivity index (χ0v) is 8.11. The summed E-state index contributed by atoms with van der Waals surface area (Å²) in [5.74, 6) is 0.693. The van der Waals surface area contributed by atoms with Gasteiger partial charge < -0.3 is 4.42 Å². The van der Waals surface area contributed by atoms with E-state index in [0.717, 1.165) is 16.7 Å². The van der Waals surface area contributed by atoms with Gasteiger partial charge in [0.15, 0.2) is 5.58 Å². The number of nitrogens with zero attached hydrogens (tertiary/aromatic N) is 2. The lowest BCUT2D eigenvalue weighted by molar-refractivity contribution is 0.591. The van der Waals surface area contributed by atoms with Gasteiger partial charge in [-0.2, -0.15) is 5.26 Å². The highest BCUT2D eigenvalue weighted by molar-refractivity contribution is 5.77. The minimum Gasteiger partial charge on any atom is -0.444 e. The molecule has 0 aliphatic carbocycles. The quantitative estimate of drug-likeness (QED) is 0.688. The number of aromatic nitrogens is 1. The topological polar surface area (TPSA) is 49.8 Å². The lowest BCUT2D eigenvalue weighted by Gasteiger charge is -2.03. The van der Waals surface area contributed by atoms with Crippen LogP contribution in [0.25, 0.3) is 11.1 Å². The van der Waals surface area contributed by atoms with Crippen LogP contribution in [0.1, 0.15) is 31.1 Å². The summed E-state index contributed by atoms with van der Waals surface area (Å²) >= 11 is 0. The maximum absolute atomic E-state index is 8.70. The Kier molecular flexibility index (Phi) is 1.97. The number of hydrogen-bond acceptors (Lipinski definition) is 3. The van der Waals surface area contributed by atoms with Crippen LogP contribution in [0, 0.1) is 11.3 Å². The van der Waals surface area contributed by atoms with Crippen LogP contribution in [-0.4, -0.2) is 4.98 Å². The Hall–Kier alpha value is -1.82. The van der Waals surface area contributed by atoms with Crippen LogP contribution in [0.2, 0.25) is 0 Å². The first-order valence-corrected chi connectivity index (χ1v) is 4.51. The predicted molar refractivity (Wildman–Crippen MR) is 52.8 cm³/mol. The average molecular weight is 186 g/mol. The Balaban J connectivity index is 2.74. The van der Waals surface area contributed by atoms with Gasteiger partial charge in [-0.05, 0) is 12.0 Å². The molecule has 2 aromatic heterocycles. The first-order valence-electron chi connectivity index (χ1n) is 4.51. The molecule has 2 aromatic rings. The molecule has 0 spiro atoms. The van der Waals surface area contributed by atoms with Gasteiger partial charge in [0.2, 0.25) is 5.76 Å². The number of pyridine rings is 1. The molecule has 0 aliphatic rings. The van der Waals surface area contributed by atoms with E-state index < -0.39 is 0 Å². The average Bonchev–Trinajstić information content (AvgIpc) is 2.59. The van der Waals surface area contributed by atoms with Gasteiger partial charge in [0.05, 0.1) is 0 Å². The van der Waals surface area contributed by atoms with Gasteiger partial charge >= 0.3 is 0 Å². The van der Waals surface area contributed by atoms with E-state index >= 15 is 0 Å². The molecule has 0 radical (unpaired) electrons. The molecule has 70 valence electrons. The summed E-state index contributed by atoms with van der Waals surface area (Å²) < 4.78 is 5.39. The highest BCUT2D eigenvalue weighted by Gasteiger charge is 2.10. The van der Waals surface area contributed by atoms with Crippen LogP contribution in [0.15, 0.2) is 22.7 Å². The third-order valence-electron chi connectivity index (χ3n) is 2.17. The molecule has 14 heavy (non-hydrogen) atoms. The number of rotatable bonds is 1. The molecule has 2 heterocycles. The molecule has 0 N–H and O–H groups in total. The molecule has 3 heteroatoms. The second-order valence-electron chi connectivity index (χ2n) is 3.49. The molecule has 0 saturated carbocycles. The first-order chi connectivity index (χ1) is 6.72. The maximum Gasteiger partial charge on any atom is 0.206 e. The molecule has 3 nitrogen and oxygen atoms in total. The number of furan rings is 1. The summed E-state index contributed by atoms with van der Waals surface area (Å²) in [5.41, 5.74) is 2.59. The summed E-state index contributed by atoms with van der Waals surface area (Å²) in [6.07, 6.45) is 1.74. The van der Waals surface area contributed by atoms with Gasteiger partial charge in [0, 0.05) is 17.8 Å². The van der Waals surface area contributed by atoms with Crippen LogP contribution in [0.4, 0.5) is 0 Å². The highest BCUT2D eigenvalue weighted by Crippen LogP contribution is 2.26. The van der Waals surface area contributed by atoms with E-state index in [1.54, 1.807) is 12.3 Å². The molecular formula is C11H10N2O. The smallest absolute Gasteiger partial charge is 0.206 e. The minimum atomic E-state index is 0.320. The number of nitriles is 1. The molecule has 0 amide bonds. The van der Waals surface area contributed by atoms with Crippen molar-refractivity contribution in [2.24, 2.45) is 0 Å². The van der Waals surface area contributed by atoms with Gasteiger partial charge in [-0.1, -0.05) is 13.8 Å². The van der Waals surface area contributed by atoms with E-state index in [-0.39, 0.29) is 0 Å². The lowest BCUT2D eigenvalue weighted by atomic mass is 10.0. The molecule has 0 saturated heterocycles. The van der Waals surface area contributed by atoms with Crippen molar-refractivity contribution >= 4 is 11.1 Å². The lowest BCUT2D eigenvalue weighted by Crippen LogP contribution is -1.88. The van der Waals surface area contributed by atoms with E-state index in [4.69, 9.17) is 9.68 Å². The van der Waals surface area contributed by atoms with Crippen LogP contribution < -0.4 is 0 Å². The normalized spacial score (nSPS) is 10.7. The van der Waals surface area contributed by atoms with Crippen molar-refractivity contribution in [2.75, 3.05) is 0 Å². The SMILES string of the molecule is CC(C)c1ccnc2cc(C#N)oc12. The Bertz CT molecular complexity index is 505. The Morgan fingerprint density at radius 3 is 2.93 bits per heavy atom. The van der Waals surface area contributed by atoms with Crippen molar-refractivity contribution in [1.82, 2.24) is 4.98 Å². The highest BCUT2D eigenvalue weighted by atomic mass is 16.3. The molecule has 0 fully saturated rings. The standard InChI is InChI=1S/C11H10N2O/c1-7(2)9-3-4-13-10-5-8(6-12)14-11(9)10/h3-5,7H,1-2H3. The van der Waals surface area contributed by atoms with Crippen molar-refractivity contribution in [3.8, 4) is 6.07 Å². The third kappa shape index (κ3) is 1.25. The van der Waals surface area contributed by atoms with Gasteiger partial charge in [0.25, 0.3) is 0 Å². The molecule has 2 rings (SSSR count). The first kappa shape index (κ1) is 8.76. The molecule has 0 bridgehead atoms. The van der Waals surface area contributed by atoms with Crippen molar-refractivity contribution < 1.29 is 4.42 Å². The van der Waals surface area contributed by atoms with E-state index in [1.807, 2.05) is 12.1 Å². The second-order valence-corrected chi connectivity index (χ2v) is 3.49. The van der Waals surface area contributed by atoms with E-state index in [1.165, 1.54) is 0 Å². The maximum atomic E-state index is 8.70. The third-order valence-corrected chi connectivity index (χ3v) is 2.17. The second kappa shape index (κ2) is 3.15. The fraction of sp³-hybridized carbons (Fsp3) is 0.273. The number of hydrogen-bond donors (Lipinski definition) is 0. The Morgan fingerprint density at radius 1 is 1.50 bits per heavy atom.